The number of nitrogens with one attached hydrogen (secondary N) is 1. The van der Waals surface area contributed by atoms with E-state index in [-0.39, 0.29) is 18.2 Å². The monoisotopic (exact) mass is 457 g/mol. The summed E-state index contributed by atoms with van der Waals surface area (Å²) in [6, 6.07) is 1.03. The fourth-order valence-electron chi connectivity index (χ4n) is 5.26. The molecule has 2 aromatic heterocycles. The maximum Gasteiger partial charge on any atom is 0.224 e. The lowest BCUT2D eigenvalue weighted by Crippen LogP contribution is -2.47. The summed E-state index contributed by atoms with van der Waals surface area (Å²) in [5, 5.41) is 14.2. The number of fused-ring (bicyclic) bond motifs is 1. The smallest absolute Gasteiger partial charge is 0.224 e. The number of methoxy groups -OCH3 is 1. The molecule has 0 aromatic carbocycles. The highest BCUT2D eigenvalue weighted by molar-refractivity contribution is 5.86. The minimum absolute atomic E-state index is 0.0977. The number of ether oxygens (including phenoxy) is 2. The fourth-order valence-corrected chi connectivity index (χ4v) is 5.26. The van der Waals surface area contributed by atoms with Crippen LogP contribution in [-0.2, 0) is 4.74 Å². The van der Waals surface area contributed by atoms with Crippen LogP contribution in [0.3, 0.4) is 0 Å². The van der Waals surface area contributed by atoms with Crippen molar-refractivity contribution in [3.8, 4) is 5.88 Å². The first-order valence-electron chi connectivity index (χ1n) is 12.3. The van der Waals surface area contributed by atoms with Crippen LogP contribution in [0.2, 0.25) is 0 Å². The summed E-state index contributed by atoms with van der Waals surface area (Å²) in [4.78, 5) is 16.7. The Balaban J connectivity index is 1.66. The second-order valence-electron chi connectivity index (χ2n) is 10.1. The van der Waals surface area contributed by atoms with E-state index in [9.17, 15) is 5.11 Å². The van der Waals surface area contributed by atoms with Crippen LogP contribution in [0.25, 0.3) is 10.9 Å². The Morgan fingerprint density at radius 1 is 1.12 bits per heavy atom. The van der Waals surface area contributed by atoms with Crippen molar-refractivity contribution >= 4 is 16.9 Å². The predicted octanol–water partition coefficient (Wildman–Crippen LogP) is 3.74. The van der Waals surface area contributed by atoms with Crippen molar-refractivity contribution in [1.82, 2.24) is 19.9 Å². The molecule has 2 fully saturated rings. The number of hydrogen-bond donors (Lipinski definition) is 2. The maximum absolute atomic E-state index is 9.98. The number of anilines is 1. The van der Waals surface area contributed by atoms with Gasteiger partial charge in [-0.25, -0.2) is 15.0 Å². The van der Waals surface area contributed by atoms with Gasteiger partial charge < -0.3 is 24.8 Å². The lowest BCUT2D eigenvalue weighted by atomic mass is 9.83. The zero-order valence-corrected chi connectivity index (χ0v) is 20.6. The van der Waals surface area contributed by atoms with E-state index < -0.39 is 0 Å². The Morgan fingerprint density at radius 2 is 1.82 bits per heavy atom. The number of aliphatic hydroxyl groups is 1. The van der Waals surface area contributed by atoms with Crippen LogP contribution < -0.4 is 10.1 Å². The van der Waals surface area contributed by atoms with Gasteiger partial charge in [0.05, 0.1) is 23.6 Å². The lowest BCUT2D eigenvalue weighted by Gasteiger charge is -2.40. The summed E-state index contributed by atoms with van der Waals surface area (Å²) in [6.07, 6.45) is 9.17. The minimum atomic E-state index is -0.196. The highest BCUT2D eigenvalue weighted by atomic mass is 16.5. The third-order valence-electron chi connectivity index (χ3n) is 7.42. The molecule has 0 unspecified atom stereocenters. The van der Waals surface area contributed by atoms with Crippen molar-refractivity contribution in [2.24, 2.45) is 0 Å². The van der Waals surface area contributed by atoms with Crippen molar-refractivity contribution in [1.29, 1.82) is 0 Å². The van der Waals surface area contributed by atoms with Gasteiger partial charge in [-0.05, 0) is 72.3 Å². The summed E-state index contributed by atoms with van der Waals surface area (Å²) in [5.74, 6) is 1.54. The third-order valence-corrected chi connectivity index (χ3v) is 7.42. The number of aromatic nitrogens is 3. The molecular weight excluding hydrogens is 418 g/mol. The molecule has 2 aromatic rings. The van der Waals surface area contributed by atoms with Crippen LogP contribution in [0, 0.1) is 0 Å². The van der Waals surface area contributed by atoms with Crippen molar-refractivity contribution in [2.75, 3.05) is 26.1 Å². The molecule has 1 aliphatic carbocycles. The molecule has 1 aliphatic heterocycles. The van der Waals surface area contributed by atoms with E-state index in [4.69, 9.17) is 19.4 Å². The Hall–Kier alpha value is -2.03. The molecule has 2 N–H and O–H groups in total. The first-order valence-corrected chi connectivity index (χ1v) is 12.3. The number of hydrogen-bond acceptors (Lipinski definition) is 8. The number of likely N-dealkylation sites (tertiary alicyclic amines) is 1. The van der Waals surface area contributed by atoms with Crippen LogP contribution in [-0.4, -0.2) is 76.1 Å². The highest BCUT2D eigenvalue weighted by Crippen LogP contribution is 2.38. The van der Waals surface area contributed by atoms with Gasteiger partial charge in [-0.3, -0.25) is 0 Å². The molecule has 0 amide bonds. The van der Waals surface area contributed by atoms with Gasteiger partial charge in [0.2, 0.25) is 11.8 Å². The topological polar surface area (TPSA) is 92.6 Å². The quantitative estimate of drug-likeness (QED) is 0.650. The first-order chi connectivity index (χ1) is 15.9. The second-order valence-corrected chi connectivity index (χ2v) is 10.1. The van der Waals surface area contributed by atoms with Gasteiger partial charge in [-0.15, -0.1) is 0 Å². The number of nitrogens with zero attached hydrogens (tertiary/aromatic N) is 4. The number of pyridine rings is 1. The summed E-state index contributed by atoms with van der Waals surface area (Å²) in [7, 11) is 3.87. The Kier molecular flexibility index (Phi) is 7.66. The SMILES string of the molecule is COC[C@H](C)Nc1ncc2c(OC3C[C@H](C)N(C)[C@@H](C)C3)ncc([C@H]3CC[C@H](O)CC3)c2n1. The molecule has 182 valence electrons. The van der Waals surface area contributed by atoms with Gasteiger partial charge in [0.15, 0.2) is 0 Å². The zero-order chi connectivity index (χ0) is 23.5. The van der Waals surface area contributed by atoms with E-state index in [1.54, 1.807) is 7.11 Å². The van der Waals surface area contributed by atoms with Crippen LogP contribution in [0.1, 0.15) is 70.8 Å². The van der Waals surface area contributed by atoms with Crippen LogP contribution >= 0.6 is 0 Å². The summed E-state index contributed by atoms with van der Waals surface area (Å²) < 4.78 is 11.7. The summed E-state index contributed by atoms with van der Waals surface area (Å²) in [5.41, 5.74) is 2.02. The molecule has 33 heavy (non-hydrogen) atoms. The second kappa shape index (κ2) is 10.5. The molecule has 4 rings (SSSR count). The zero-order valence-electron chi connectivity index (χ0n) is 20.6. The molecule has 0 bridgehead atoms. The average Bonchev–Trinajstić information content (AvgIpc) is 2.78. The van der Waals surface area contributed by atoms with E-state index in [1.165, 1.54) is 0 Å². The van der Waals surface area contributed by atoms with Crippen molar-refractivity contribution in [2.45, 2.75) is 95.5 Å². The van der Waals surface area contributed by atoms with Gasteiger partial charge in [-0.1, -0.05) is 0 Å². The molecule has 0 radical (unpaired) electrons. The Bertz CT molecular complexity index is 922. The Morgan fingerprint density at radius 3 is 2.48 bits per heavy atom. The average molecular weight is 458 g/mol. The molecular formula is C25H39N5O3. The normalized spacial score (nSPS) is 29.7. The van der Waals surface area contributed by atoms with E-state index in [0.717, 1.165) is 55.0 Å². The van der Waals surface area contributed by atoms with Gasteiger partial charge >= 0.3 is 0 Å². The number of piperidine rings is 1. The van der Waals surface area contributed by atoms with E-state index >= 15 is 0 Å². The van der Waals surface area contributed by atoms with Gasteiger partial charge in [-0.2, -0.15) is 0 Å². The van der Waals surface area contributed by atoms with Crippen LogP contribution in [0.4, 0.5) is 5.95 Å². The molecule has 3 atom stereocenters. The van der Waals surface area contributed by atoms with Crippen molar-refractivity contribution in [3.05, 3.63) is 18.0 Å². The van der Waals surface area contributed by atoms with Crippen molar-refractivity contribution in [3.63, 3.8) is 0 Å². The molecule has 1 saturated carbocycles. The van der Waals surface area contributed by atoms with E-state index in [1.807, 2.05) is 19.3 Å². The maximum atomic E-state index is 9.98. The standard InChI is InChI=1S/C25H39N5O3/c1-15(14-32-5)28-25-27-13-22-23(29-25)21(18-6-8-19(31)9-7-18)12-26-24(22)33-20-10-16(2)30(4)17(3)11-20/h12-13,15-20,31H,6-11,14H2,1-5H3,(H,27,28,29)/t15-,16-,17-,18-,19-/m0/s1. The lowest BCUT2D eigenvalue weighted by molar-refractivity contribution is 0.0415. The molecule has 0 spiro atoms. The number of aliphatic hydroxyl groups excluding tert-OH is 1. The van der Waals surface area contributed by atoms with E-state index in [2.05, 4.69) is 36.1 Å². The predicted molar refractivity (Wildman–Crippen MR) is 130 cm³/mol. The first kappa shape index (κ1) is 24.1. The van der Waals surface area contributed by atoms with Gasteiger partial charge in [0.1, 0.15) is 6.10 Å². The van der Waals surface area contributed by atoms with Gasteiger partial charge in [0.25, 0.3) is 0 Å². The van der Waals surface area contributed by atoms with Crippen LogP contribution in [0.15, 0.2) is 12.4 Å². The van der Waals surface area contributed by atoms with Crippen molar-refractivity contribution < 1.29 is 14.6 Å². The molecule has 8 heteroatoms. The largest absolute Gasteiger partial charge is 0.474 e. The van der Waals surface area contributed by atoms with Gasteiger partial charge in [0, 0.05) is 43.2 Å². The fraction of sp³-hybridized carbons (Fsp3) is 0.720. The minimum Gasteiger partial charge on any atom is -0.474 e. The van der Waals surface area contributed by atoms with E-state index in [0.29, 0.717) is 36.4 Å². The van der Waals surface area contributed by atoms with Crippen LogP contribution in [0.5, 0.6) is 5.88 Å². The summed E-state index contributed by atoms with van der Waals surface area (Å²) in [6.45, 7) is 7.12. The molecule has 1 saturated heterocycles. The number of rotatable bonds is 7. The third kappa shape index (κ3) is 5.55. The molecule has 2 aliphatic rings. The summed E-state index contributed by atoms with van der Waals surface area (Å²) >= 11 is 0. The highest BCUT2D eigenvalue weighted by Gasteiger charge is 2.31. The Labute approximate surface area is 197 Å². The molecule has 3 heterocycles. The molecule has 8 nitrogen and oxygen atoms in total.